The minimum absolute atomic E-state index is 0.582. The van der Waals surface area contributed by atoms with Gasteiger partial charge in [0.25, 0.3) is 0 Å². The topological polar surface area (TPSA) is 21.3 Å². The fourth-order valence-electron chi connectivity index (χ4n) is 2.15. The van der Waals surface area contributed by atoms with Gasteiger partial charge in [0.1, 0.15) is 12.4 Å². The minimum atomic E-state index is 0.582. The van der Waals surface area contributed by atoms with Crippen LogP contribution in [0.1, 0.15) is 43.4 Å². The van der Waals surface area contributed by atoms with Gasteiger partial charge in [-0.15, -0.1) is 0 Å². The van der Waals surface area contributed by atoms with E-state index in [0.29, 0.717) is 6.04 Å². The van der Waals surface area contributed by atoms with Gasteiger partial charge in [0.05, 0.1) is 0 Å². The molecule has 1 aromatic carbocycles. The Bertz CT molecular complexity index is 374. The third-order valence-electron chi connectivity index (χ3n) is 3.34. The van der Waals surface area contributed by atoms with Crippen LogP contribution >= 0.6 is 0 Å². The number of aryl methyl sites for hydroxylation is 2. The molecule has 0 radical (unpaired) electrons. The molecule has 1 atom stereocenters. The number of hydrogen-bond donors (Lipinski definition) is 1. The quantitative estimate of drug-likeness (QED) is 0.743. The summed E-state index contributed by atoms with van der Waals surface area (Å²) in [6, 6.07) is 4.90. The van der Waals surface area contributed by atoms with Gasteiger partial charge < -0.3 is 10.1 Å². The Morgan fingerprint density at radius 2 is 1.94 bits per heavy atom. The second-order valence-corrected chi connectivity index (χ2v) is 5.20. The number of benzene rings is 1. The van der Waals surface area contributed by atoms with E-state index in [4.69, 9.17) is 4.74 Å². The van der Waals surface area contributed by atoms with E-state index in [1.807, 2.05) is 0 Å². The molecule has 1 aromatic rings. The SMILES string of the molecule is CCCC(C)NCCOc1cc(C)cc(C)c1C. The normalized spacial score (nSPS) is 12.5. The molecule has 0 spiro atoms. The van der Waals surface area contributed by atoms with Gasteiger partial charge in [-0.2, -0.15) is 0 Å². The largest absolute Gasteiger partial charge is 0.492 e. The lowest BCUT2D eigenvalue weighted by Crippen LogP contribution is -2.30. The molecule has 0 saturated carbocycles. The van der Waals surface area contributed by atoms with Crippen LogP contribution in [0.2, 0.25) is 0 Å². The standard InChI is InChI=1S/C16H27NO/c1-6-7-14(4)17-8-9-18-16-11-12(2)10-13(3)15(16)5/h10-11,14,17H,6-9H2,1-5H3. The summed E-state index contributed by atoms with van der Waals surface area (Å²) in [5, 5.41) is 3.48. The molecule has 0 saturated heterocycles. The van der Waals surface area contributed by atoms with Crippen LogP contribution in [-0.2, 0) is 0 Å². The first-order chi connectivity index (χ1) is 8.54. The van der Waals surface area contributed by atoms with E-state index in [1.54, 1.807) is 0 Å². The van der Waals surface area contributed by atoms with Gasteiger partial charge >= 0.3 is 0 Å². The Balaban J connectivity index is 2.40. The maximum atomic E-state index is 5.86. The summed E-state index contributed by atoms with van der Waals surface area (Å²) in [6.07, 6.45) is 2.45. The molecule has 0 bridgehead atoms. The molecule has 0 aromatic heterocycles. The molecular formula is C16H27NO. The second-order valence-electron chi connectivity index (χ2n) is 5.20. The van der Waals surface area contributed by atoms with Crippen molar-refractivity contribution in [3.05, 3.63) is 28.8 Å². The predicted molar refractivity (Wildman–Crippen MR) is 78.5 cm³/mol. The van der Waals surface area contributed by atoms with Crippen LogP contribution < -0.4 is 10.1 Å². The Morgan fingerprint density at radius 3 is 2.61 bits per heavy atom. The minimum Gasteiger partial charge on any atom is -0.492 e. The fraction of sp³-hybridized carbons (Fsp3) is 0.625. The van der Waals surface area contributed by atoms with E-state index in [-0.39, 0.29) is 0 Å². The van der Waals surface area contributed by atoms with Gasteiger partial charge in [0.2, 0.25) is 0 Å². The number of hydrogen-bond acceptors (Lipinski definition) is 2. The van der Waals surface area contributed by atoms with Crippen molar-refractivity contribution in [2.24, 2.45) is 0 Å². The monoisotopic (exact) mass is 249 g/mol. The van der Waals surface area contributed by atoms with Crippen molar-refractivity contribution >= 4 is 0 Å². The Hall–Kier alpha value is -1.02. The van der Waals surface area contributed by atoms with E-state index in [1.165, 1.54) is 29.5 Å². The van der Waals surface area contributed by atoms with Crippen LogP contribution in [0.4, 0.5) is 0 Å². The molecule has 0 aliphatic carbocycles. The highest BCUT2D eigenvalue weighted by Gasteiger charge is 2.04. The van der Waals surface area contributed by atoms with E-state index in [2.05, 4.69) is 52.1 Å². The number of ether oxygens (including phenoxy) is 1. The van der Waals surface area contributed by atoms with Crippen LogP contribution in [0, 0.1) is 20.8 Å². The first-order valence-electron chi connectivity index (χ1n) is 6.98. The van der Waals surface area contributed by atoms with Crippen molar-refractivity contribution in [2.75, 3.05) is 13.2 Å². The van der Waals surface area contributed by atoms with Gasteiger partial charge in [0.15, 0.2) is 0 Å². The maximum absolute atomic E-state index is 5.86. The zero-order valence-electron chi connectivity index (χ0n) is 12.5. The lowest BCUT2D eigenvalue weighted by Gasteiger charge is -2.15. The fourth-order valence-corrected chi connectivity index (χ4v) is 2.15. The highest BCUT2D eigenvalue weighted by molar-refractivity contribution is 5.41. The molecule has 0 aliphatic heterocycles. The van der Waals surface area contributed by atoms with Crippen molar-refractivity contribution in [1.29, 1.82) is 0 Å². The third kappa shape index (κ3) is 4.69. The van der Waals surface area contributed by atoms with Crippen molar-refractivity contribution in [1.82, 2.24) is 5.32 Å². The molecule has 1 N–H and O–H groups in total. The molecule has 0 aliphatic rings. The lowest BCUT2D eigenvalue weighted by atomic mass is 10.1. The van der Waals surface area contributed by atoms with Crippen molar-refractivity contribution in [3.63, 3.8) is 0 Å². The summed E-state index contributed by atoms with van der Waals surface area (Å²) in [5.74, 6) is 1.03. The molecule has 2 nitrogen and oxygen atoms in total. The molecule has 2 heteroatoms. The Kier molecular flexibility index (Phi) is 6.20. The van der Waals surface area contributed by atoms with Gasteiger partial charge in [-0.25, -0.2) is 0 Å². The molecule has 1 rings (SSSR count). The maximum Gasteiger partial charge on any atom is 0.122 e. The van der Waals surface area contributed by atoms with E-state index in [9.17, 15) is 0 Å². The second kappa shape index (κ2) is 7.42. The van der Waals surface area contributed by atoms with Crippen LogP contribution in [0.5, 0.6) is 5.75 Å². The molecule has 102 valence electrons. The lowest BCUT2D eigenvalue weighted by molar-refractivity contribution is 0.302. The number of rotatable bonds is 7. The molecule has 0 fully saturated rings. The van der Waals surface area contributed by atoms with Crippen molar-refractivity contribution in [2.45, 2.75) is 53.5 Å². The molecule has 0 heterocycles. The zero-order valence-corrected chi connectivity index (χ0v) is 12.5. The summed E-state index contributed by atoms with van der Waals surface area (Å²) in [7, 11) is 0. The van der Waals surface area contributed by atoms with Gasteiger partial charge in [-0.1, -0.05) is 19.4 Å². The van der Waals surface area contributed by atoms with Crippen LogP contribution in [-0.4, -0.2) is 19.2 Å². The van der Waals surface area contributed by atoms with Crippen LogP contribution in [0.25, 0.3) is 0 Å². The Morgan fingerprint density at radius 1 is 1.22 bits per heavy atom. The van der Waals surface area contributed by atoms with Crippen LogP contribution in [0.3, 0.4) is 0 Å². The smallest absolute Gasteiger partial charge is 0.122 e. The number of nitrogens with one attached hydrogen (secondary N) is 1. The molecule has 18 heavy (non-hydrogen) atoms. The van der Waals surface area contributed by atoms with Gasteiger partial charge in [-0.05, 0) is 56.9 Å². The van der Waals surface area contributed by atoms with E-state index in [0.717, 1.165) is 18.9 Å². The first kappa shape index (κ1) is 15.0. The summed E-state index contributed by atoms with van der Waals surface area (Å²) >= 11 is 0. The first-order valence-corrected chi connectivity index (χ1v) is 6.98. The Labute approximate surface area is 112 Å². The average molecular weight is 249 g/mol. The van der Waals surface area contributed by atoms with Crippen molar-refractivity contribution < 1.29 is 4.74 Å². The van der Waals surface area contributed by atoms with Gasteiger partial charge in [0, 0.05) is 12.6 Å². The molecule has 0 amide bonds. The highest BCUT2D eigenvalue weighted by atomic mass is 16.5. The van der Waals surface area contributed by atoms with E-state index < -0.39 is 0 Å². The predicted octanol–water partition coefficient (Wildman–Crippen LogP) is 3.77. The summed E-state index contributed by atoms with van der Waals surface area (Å²) < 4.78 is 5.86. The van der Waals surface area contributed by atoms with Gasteiger partial charge in [-0.3, -0.25) is 0 Å². The highest BCUT2D eigenvalue weighted by Crippen LogP contribution is 2.22. The molecular weight excluding hydrogens is 222 g/mol. The average Bonchev–Trinajstić information content (AvgIpc) is 2.31. The van der Waals surface area contributed by atoms with Crippen molar-refractivity contribution in [3.8, 4) is 5.75 Å². The van der Waals surface area contributed by atoms with E-state index >= 15 is 0 Å². The summed E-state index contributed by atoms with van der Waals surface area (Å²) in [5.41, 5.74) is 3.82. The van der Waals surface area contributed by atoms with Crippen LogP contribution in [0.15, 0.2) is 12.1 Å². The summed E-state index contributed by atoms with van der Waals surface area (Å²) in [6.45, 7) is 12.5. The zero-order chi connectivity index (χ0) is 13.5. The third-order valence-corrected chi connectivity index (χ3v) is 3.34. The molecule has 1 unspecified atom stereocenters. The summed E-state index contributed by atoms with van der Waals surface area (Å²) in [4.78, 5) is 0.